The van der Waals surface area contributed by atoms with Crippen molar-refractivity contribution in [3.05, 3.63) is 107 Å². The largest absolute Gasteiger partial charge is 0.353 e. The molecule has 2 fully saturated rings. The van der Waals surface area contributed by atoms with E-state index in [4.69, 9.17) is 0 Å². The van der Waals surface area contributed by atoms with Gasteiger partial charge in [0, 0.05) is 44.3 Å². The highest BCUT2D eigenvalue weighted by atomic mass is 32.2. The summed E-state index contributed by atoms with van der Waals surface area (Å²) in [5.41, 5.74) is 5.30. The number of rotatable bonds is 7. The third-order valence-corrected chi connectivity index (χ3v) is 8.16. The van der Waals surface area contributed by atoms with Crippen LogP contribution in [0.2, 0.25) is 0 Å². The van der Waals surface area contributed by atoms with Gasteiger partial charge in [-0.1, -0.05) is 35.9 Å². The molecule has 5 nitrogen and oxygen atoms in total. The Hall–Kier alpha value is -3.07. The van der Waals surface area contributed by atoms with E-state index in [2.05, 4.69) is 20.5 Å². The molecule has 1 amide bonds. The molecule has 192 valence electrons. The molecule has 0 saturated carbocycles. The van der Waals surface area contributed by atoms with Gasteiger partial charge in [-0.2, -0.15) is 0 Å². The van der Waals surface area contributed by atoms with Crippen LogP contribution in [0.15, 0.2) is 78.6 Å². The fraction of sp³-hybridized carbons (Fsp3) is 0.310. The average molecular weight is 521 g/mol. The molecular weight excluding hydrogens is 490 g/mol. The van der Waals surface area contributed by atoms with E-state index in [0.717, 1.165) is 60.5 Å². The molecule has 2 aliphatic rings. The number of nitrogens with one attached hydrogen (secondary N) is 2. The van der Waals surface area contributed by atoms with Gasteiger partial charge >= 0.3 is 0 Å². The van der Waals surface area contributed by atoms with Crippen LogP contribution >= 0.6 is 11.8 Å². The number of hydrogen-bond donors (Lipinski definition) is 2. The van der Waals surface area contributed by atoms with Crippen molar-refractivity contribution in [3.8, 4) is 0 Å². The number of hydrogen-bond acceptors (Lipinski definition) is 5. The fourth-order valence-electron chi connectivity index (χ4n) is 4.91. The summed E-state index contributed by atoms with van der Waals surface area (Å²) < 4.78 is 27.1. The van der Waals surface area contributed by atoms with Crippen molar-refractivity contribution >= 4 is 23.2 Å². The predicted octanol–water partition coefficient (Wildman–Crippen LogP) is 4.78. The topological polar surface area (TPSA) is 57.3 Å². The average Bonchev–Trinajstić information content (AvgIpc) is 3.43. The van der Waals surface area contributed by atoms with E-state index in [-0.39, 0.29) is 29.0 Å². The van der Waals surface area contributed by atoms with Gasteiger partial charge in [0.25, 0.3) is 0 Å². The number of carbonyl (C=O) groups is 1. The summed E-state index contributed by atoms with van der Waals surface area (Å²) in [4.78, 5) is 19.2. The Morgan fingerprint density at radius 3 is 2.24 bits per heavy atom. The van der Waals surface area contributed by atoms with Crippen molar-refractivity contribution in [1.82, 2.24) is 20.5 Å². The van der Waals surface area contributed by atoms with Crippen LogP contribution in [-0.2, 0) is 4.79 Å². The summed E-state index contributed by atoms with van der Waals surface area (Å²) in [7, 11) is 0. The number of piperidine rings is 1. The van der Waals surface area contributed by atoms with Crippen molar-refractivity contribution in [2.24, 2.45) is 0 Å². The van der Waals surface area contributed by atoms with Gasteiger partial charge in [0.05, 0.1) is 11.4 Å². The molecular formula is C29H30F2N4OS. The van der Waals surface area contributed by atoms with Gasteiger partial charge in [0.2, 0.25) is 5.91 Å². The second kappa shape index (κ2) is 12.0. The van der Waals surface area contributed by atoms with Gasteiger partial charge in [0.1, 0.15) is 11.6 Å². The number of aromatic nitrogens is 1. The summed E-state index contributed by atoms with van der Waals surface area (Å²) in [6.45, 7) is 3.13. The summed E-state index contributed by atoms with van der Waals surface area (Å²) in [5, 5.41) is 6.57. The van der Waals surface area contributed by atoms with E-state index in [9.17, 15) is 13.6 Å². The molecule has 0 spiro atoms. The highest BCUT2D eigenvalue weighted by molar-refractivity contribution is 7.99. The maximum Gasteiger partial charge on any atom is 0.238 e. The van der Waals surface area contributed by atoms with Gasteiger partial charge in [0.15, 0.2) is 0 Å². The van der Waals surface area contributed by atoms with Crippen LogP contribution in [0, 0.1) is 11.6 Å². The standard InChI is InChI=1S/C29H30F2N4OS/c30-24-7-3-20(4-8-24)27(21-5-9-25(31)10-6-21)22-11-15-35(16-12-22)17-14-33-28(36)26-19-37-29(34-26)23-2-1-13-32-18-23/h1-10,13,18,26,29,34H,11-12,14-17,19H2,(H,33,36)/t26-,29?/m0/s1. The highest BCUT2D eigenvalue weighted by Gasteiger charge is 2.30. The number of halogens is 2. The molecule has 2 saturated heterocycles. The number of carbonyl (C=O) groups excluding carboxylic acids is 1. The minimum atomic E-state index is -0.275. The molecule has 1 aromatic heterocycles. The first-order chi connectivity index (χ1) is 18.1. The van der Waals surface area contributed by atoms with Crippen LogP contribution in [0.5, 0.6) is 0 Å². The maximum atomic E-state index is 13.6. The number of pyridine rings is 1. The molecule has 2 aromatic carbocycles. The predicted molar refractivity (Wildman–Crippen MR) is 144 cm³/mol. The minimum Gasteiger partial charge on any atom is -0.353 e. The number of nitrogens with zero attached hydrogens (tertiary/aromatic N) is 2. The number of thioether (sulfide) groups is 1. The lowest BCUT2D eigenvalue weighted by Gasteiger charge is -2.30. The molecule has 2 atom stereocenters. The summed E-state index contributed by atoms with van der Waals surface area (Å²) in [6, 6.07) is 16.7. The highest BCUT2D eigenvalue weighted by Crippen LogP contribution is 2.33. The van der Waals surface area contributed by atoms with Crippen LogP contribution in [0.25, 0.3) is 5.57 Å². The lowest BCUT2D eigenvalue weighted by Crippen LogP contribution is -2.45. The Balaban J connectivity index is 1.15. The third kappa shape index (κ3) is 6.44. The van der Waals surface area contributed by atoms with Gasteiger partial charge in [-0.05, 0) is 65.4 Å². The molecule has 5 rings (SSSR count). The van der Waals surface area contributed by atoms with Gasteiger partial charge in [-0.3, -0.25) is 15.1 Å². The first-order valence-electron chi connectivity index (χ1n) is 12.6. The first kappa shape index (κ1) is 25.6. The quantitative estimate of drug-likeness (QED) is 0.470. The number of likely N-dealkylation sites (tertiary alicyclic amines) is 1. The molecule has 0 bridgehead atoms. The van der Waals surface area contributed by atoms with Gasteiger partial charge in [-0.25, -0.2) is 8.78 Å². The smallest absolute Gasteiger partial charge is 0.238 e. The van der Waals surface area contributed by atoms with Crippen molar-refractivity contribution in [2.45, 2.75) is 24.3 Å². The number of amides is 1. The third-order valence-electron chi connectivity index (χ3n) is 6.89. The molecule has 8 heteroatoms. The molecule has 1 unspecified atom stereocenters. The van der Waals surface area contributed by atoms with Crippen molar-refractivity contribution in [2.75, 3.05) is 31.9 Å². The zero-order chi connectivity index (χ0) is 25.6. The molecule has 2 N–H and O–H groups in total. The van der Waals surface area contributed by atoms with Crippen molar-refractivity contribution < 1.29 is 13.6 Å². The Labute approximate surface area is 220 Å². The second-order valence-electron chi connectivity index (χ2n) is 9.34. The summed E-state index contributed by atoms with van der Waals surface area (Å²) in [6.07, 6.45) is 5.32. The molecule has 3 heterocycles. The zero-order valence-corrected chi connectivity index (χ0v) is 21.3. The maximum absolute atomic E-state index is 13.6. The Bertz CT molecular complexity index is 1180. The van der Waals surface area contributed by atoms with E-state index in [1.807, 2.05) is 18.3 Å². The Kier molecular flexibility index (Phi) is 8.28. The Morgan fingerprint density at radius 2 is 1.65 bits per heavy atom. The van der Waals surface area contributed by atoms with Gasteiger partial charge in [-0.15, -0.1) is 11.8 Å². The molecule has 2 aliphatic heterocycles. The summed E-state index contributed by atoms with van der Waals surface area (Å²) in [5.74, 6) is 0.219. The van der Waals surface area contributed by atoms with Crippen LogP contribution in [-0.4, -0.2) is 53.8 Å². The lowest BCUT2D eigenvalue weighted by molar-refractivity contribution is -0.122. The van der Waals surface area contributed by atoms with Gasteiger partial charge < -0.3 is 10.2 Å². The van der Waals surface area contributed by atoms with Crippen LogP contribution in [0.1, 0.15) is 34.9 Å². The minimum absolute atomic E-state index is 0.0337. The normalized spacial score (nSPS) is 20.1. The number of benzene rings is 2. The van der Waals surface area contributed by atoms with E-state index < -0.39 is 0 Å². The first-order valence-corrected chi connectivity index (χ1v) is 13.6. The van der Waals surface area contributed by atoms with E-state index in [1.165, 1.54) is 29.8 Å². The molecule has 3 aromatic rings. The molecule has 0 radical (unpaired) electrons. The summed E-state index contributed by atoms with van der Waals surface area (Å²) >= 11 is 1.73. The van der Waals surface area contributed by atoms with Crippen molar-refractivity contribution in [1.29, 1.82) is 0 Å². The molecule has 37 heavy (non-hydrogen) atoms. The Morgan fingerprint density at radius 1 is 1.00 bits per heavy atom. The SMILES string of the molecule is O=C(NCCN1CCC(=C(c2ccc(F)cc2)c2ccc(F)cc2)CC1)[C@@H]1CSC(c2cccnc2)N1. The van der Waals surface area contributed by atoms with E-state index >= 15 is 0 Å². The fourth-order valence-corrected chi connectivity index (χ4v) is 6.14. The zero-order valence-electron chi connectivity index (χ0n) is 20.5. The van der Waals surface area contributed by atoms with Crippen LogP contribution < -0.4 is 10.6 Å². The molecule has 0 aliphatic carbocycles. The van der Waals surface area contributed by atoms with E-state index in [0.29, 0.717) is 6.54 Å². The lowest BCUT2D eigenvalue weighted by atomic mass is 9.88. The van der Waals surface area contributed by atoms with E-state index in [1.54, 1.807) is 42.2 Å². The van der Waals surface area contributed by atoms with Crippen LogP contribution in [0.3, 0.4) is 0 Å². The second-order valence-corrected chi connectivity index (χ2v) is 10.5. The van der Waals surface area contributed by atoms with Crippen molar-refractivity contribution in [3.63, 3.8) is 0 Å². The van der Waals surface area contributed by atoms with Crippen LogP contribution in [0.4, 0.5) is 8.78 Å². The monoisotopic (exact) mass is 520 g/mol.